The van der Waals surface area contributed by atoms with Crippen molar-refractivity contribution >= 4 is 23.7 Å². The van der Waals surface area contributed by atoms with Gasteiger partial charge in [0, 0.05) is 5.57 Å². The lowest BCUT2D eigenvalue weighted by Crippen LogP contribution is -2.21. The van der Waals surface area contributed by atoms with Gasteiger partial charge in [-0.1, -0.05) is 68.2 Å². The van der Waals surface area contributed by atoms with Crippen molar-refractivity contribution in [2.75, 3.05) is 7.11 Å². The molecular weight excluding hydrogens is 372 g/mol. The lowest BCUT2D eigenvalue weighted by atomic mass is 9.73. The Morgan fingerprint density at radius 3 is 2.37 bits per heavy atom. The van der Waals surface area contributed by atoms with Gasteiger partial charge in [0.15, 0.2) is 0 Å². The van der Waals surface area contributed by atoms with Crippen molar-refractivity contribution in [3.05, 3.63) is 76.4 Å². The second-order valence-electron chi connectivity index (χ2n) is 8.77. The van der Waals surface area contributed by atoms with E-state index in [-0.39, 0.29) is 11.4 Å². The van der Waals surface area contributed by atoms with Gasteiger partial charge in [-0.3, -0.25) is 0 Å². The first-order chi connectivity index (χ1) is 14.1. The van der Waals surface area contributed by atoms with Gasteiger partial charge in [-0.2, -0.15) is 0 Å². The minimum Gasteiger partial charge on any atom is -0.465 e. The Morgan fingerprint density at radius 1 is 1.10 bits per heavy atom. The summed E-state index contributed by atoms with van der Waals surface area (Å²) in [5.41, 5.74) is 4.96. The average Bonchev–Trinajstić information content (AvgIpc) is 2.70. The Morgan fingerprint density at radius 2 is 1.73 bits per heavy atom. The van der Waals surface area contributed by atoms with E-state index in [2.05, 4.69) is 56.0 Å². The van der Waals surface area contributed by atoms with E-state index in [0.29, 0.717) is 5.56 Å². The maximum absolute atomic E-state index is 11.6. The zero-order chi connectivity index (χ0) is 21.9. The number of rotatable bonds is 3. The summed E-state index contributed by atoms with van der Waals surface area (Å²) in [6.07, 6.45) is 7.15. The van der Waals surface area contributed by atoms with Crippen LogP contribution in [0.2, 0.25) is 0 Å². The molecule has 0 saturated heterocycles. The first-order valence-electron chi connectivity index (χ1n) is 10.1. The topological polar surface area (TPSA) is 46.5 Å². The van der Waals surface area contributed by atoms with Gasteiger partial charge in [0.2, 0.25) is 0 Å². The van der Waals surface area contributed by atoms with Crippen LogP contribution in [0.15, 0.2) is 48.5 Å². The minimum atomic E-state index is -1.03. The van der Waals surface area contributed by atoms with Crippen molar-refractivity contribution in [1.82, 2.24) is 0 Å². The van der Waals surface area contributed by atoms with Gasteiger partial charge in [0.1, 0.15) is 5.60 Å². The third-order valence-corrected chi connectivity index (χ3v) is 5.18. The zero-order valence-electron chi connectivity index (χ0n) is 18.2. The standard InChI is InChI=1S/C27H28O3/c1-26(2)16-14-21(15-17-27(3,4)29)23-18-20(10-13-24(23)26)7-6-19-8-11-22(12-9-19)25(28)30-5/h6-14,18,29H,16H2,1-5H3/b7-6+. The Labute approximate surface area is 179 Å². The number of benzene rings is 2. The minimum absolute atomic E-state index is 0.0429. The molecule has 0 bridgehead atoms. The highest BCUT2D eigenvalue weighted by Gasteiger charge is 2.27. The van der Waals surface area contributed by atoms with Crippen LogP contribution in [0.3, 0.4) is 0 Å². The number of hydrogen-bond acceptors (Lipinski definition) is 3. The fourth-order valence-corrected chi connectivity index (χ4v) is 3.43. The first kappa shape index (κ1) is 21.6. The predicted octanol–water partition coefficient (Wildman–Crippen LogP) is 5.48. The molecule has 0 unspecified atom stereocenters. The predicted molar refractivity (Wildman–Crippen MR) is 123 cm³/mol. The molecule has 0 aromatic heterocycles. The van der Waals surface area contributed by atoms with Crippen molar-refractivity contribution in [3.63, 3.8) is 0 Å². The van der Waals surface area contributed by atoms with Crippen molar-refractivity contribution in [2.24, 2.45) is 0 Å². The summed E-state index contributed by atoms with van der Waals surface area (Å²) in [6, 6.07) is 13.7. The third kappa shape index (κ3) is 5.09. The van der Waals surface area contributed by atoms with Crippen molar-refractivity contribution in [3.8, 4) is 11.8 Å². The number of esters is 1. The summed E-state index contributed by atoms with van der Waals surface area (Å²) in [7, 11) is 1.38. The molecule has 0 spiro atoms. The number of methoxy groups -OCH3 is 1. The van der Waals surface area contributed by atoms with Crippen molar-refractivity contribution in [1.29, 1.82) is 0 Å². The van der Waals surface area contributed by atoms with Gasteiger partial charge >= 0.3 is 5.97 Å². The van der Waals surface area contributed by atoms with E-state index in [1.807, 2.05) is 18.2 Å². The Hall–Kier alpha value is -3.09. The number of ether oxygens (including phenoxy) is 1. The van der Waals surface area contributed by atoms with Crippen LogP contribution in [0.5, 0.6) is 0 Å². The Kier molecular flexibility index (Phi) is 6.01. The van der Waals surface area contributed by atoms with Gasteiger partial charge in [-0.25, -0.2) is 4.79 Å². The van der Waals surface area contributed by atoms with Gasteiger partial charge < -0.3 is 9.84 Å². The third-order valence-electron chi connectivity index (χ3n) is 5.18. The fraction of sp³-hybridized carbons (Fsp3) is 0.296. The molecule has 154 valence electrons. The number of carbonyl (C=O) groups excluding carboxylic acids is 1. The molecule has 0 amide bonds. The van der Waals surface area contributed by atoms with Crippen LogP contribution in [-0.2, 0) is 10.2 Å². The van der Waals surface area contributed by atoms with Gasteiger partial charge in [-0.05, 0) is 66.1 Å². The highest BCUT2D eigenvalue weighted by atomic mass is 16.5. The van der Waals surface area contributed by atoms with Crippen LogP contribution in [0.25, 0.3) is 17.7 Å². The Bertz CT molecular complexity index is 1070. The van der Waals surface area contributed by atoms with Gasteiger partial charge in [-0.15, -0.1) is 0 Å². The smallest absolute Gasteiger partial charge is 0.337 e. The fourth-order valence-electron chi connectivity index (χ4n) is 3.43. The maximum atomic E-state index is 11.6. The highest BCUT2D eigenvalue weighted by molar-refractivity contribution is 5.89. The summed E-state index contributed by atoms with van der Waals surface area (Å²) >= 11 is 0. The average molecular weight is 401 g/mol. The number of aliphatic hydroxyl groups is 1. The molecule has 2 aromatic rings. The summed E-state index contributed by atoms with van der Waals surface area (Å²) in [6.45, 7) is 7.86. The number of fused-ring (bicyclic) bond motifs is 1. The lowest BCUT2D eigenvalue weighted by Gasteiger charge is -2.31. The summed E-state index contributed by atoms with van der Waals surface area (Å²) in [5, 5.41) is 9.99. The molecule has 0 atom stereocenters. The van der Waals surface area contributed by atoms with Crippen LogP contribution in [0.1, 0.15) is 66.7 Å². The Balaban J connectivity index is 1.91. The maximum Gasteiger partial charge on any atom is 0.337 e. The SMILES string of the molecule is COC(=O)c1ccc(/C=C/c2ccc3c(c2)C(C#CC(C)(C)O)=CCC3(C)C)cc1. The molecule has 3 nitrogen and oxygen atoms in total. The molecular formula is C27H28O3. The van der Waals surface area contributed by atoms with E-state index in [1.165, 1.54) is 12.7 Å². The second kappa shape index (κ2) is 8.34. The van der Waals surface area contributed by atoms with Crippen LogP contribution in [-0.4, -0.2) is 23.8 Å². The first-order valence-corrected chi connectivity index (χ1v) is 10.1. The molecule has 0 saturated carbocycles. The van der Waals surface area contributed by atoms with Crippen LogP contribution in [0.4, 0.5) is 0 Å². The lowest BCUT2D eigenvalue weighted by molar-refractivity contribution is 0.0600. The summed E-state index contributed by atoms with van der Waals surface area (Å²) in [5.74, 6) is 5.77. The number of hydrogen-bond donors (Lipinski definition) is 1. The number of allylic oxidation sites excluding steroid dienone is 2. The van der Waals surface area contributed by atoms with Crippen molar-refractivity contribution < 1.29 is 14.6 Å². The molecule has 1 aliphatic rings. The van der Waals surface area contributed by atoms with Gasteiger partial charge in [0.05, 0.1) is 12.7 Å². The van der Waals surface area contributed by atoms with E-state index in [1.54, 1.807) is 26.0 Å². The summed E-state index contributed by atoms with van der Waals surface area (Å²) in [4.78, 5) is 11.6. The number of carbonyl (C=O) groups is 1. The van der Waals surface area contributed by atoms with Crippen molar-refractivity contribution in [2.45, 2.75) is 45.1 Å². The van der Waals surface area contributed by atoms with E-state index >= 15 is 0 Å². The normalized spacial score (nSPS) is 15.1. The van der Waals surface area contributed by atoms with E-state index in [4.69, 9.17) is 4.74 Å². The van der Waals surface area contributed by atoms with Crippen LogP contribution < -0.4 is 0 Å². The molecule has 0 aliphatic heterocycles. The molecule has 3 rings (SSSR count). The summed E-state index contributed by atoms with van der Waals surface area (Å²) < 4.78 is 4.74. The second-order valence-corrected chi connectivity index (χ2v) is 8.77. The molecule has 0 fully saturated rings. The molecule has 30 heavy (non-hydrogen) atoms. The molecule has 3 heteroatoms. The van der Waals surface area contributed by atoms with Crippen LogP contribution in [0, 0.1) is 11.8 Å². The molecule has 0 heterocycles. The molecule has 0 radical (unpaired) electrons. The van der Waals surface area contributed by atoms with Gasteiger partial charge in [0.25, 0.3) is 0 Å². The zero-order valence-corrected chi connectivity index (χ0v) is 18.2. The van der Waals surface area contributed by atoms with E-state index in [0.717, 1.165) is 28.7 Å². The monoisotopic (exact) mass is 400 g/mol. The molecule has 1 aliphatic carbocycles. The largest absolute Gasteiger partial charge is 0.465 e. The molecule has 1 N–H and O–H groups in total. The van der Waals surface area contributed by atoms with E-state index in [9.17, 15) is 9.90 Å². The van der Waals surface area contributed by atoms with Crippen LogP contribution >= 0.6 is 0 Å². The molecule has 2 aromatic carbocycles. The highest BCUT2D eigenvalue weighted by Crippen LogP contribution is 2.39. The van der Waals surface area contributed by atoms with E-state index < -0.39 is 5.60 Å². The quantitative estimate of drug-likeness (QED) is 0.421.